The van der Waals surface area contributed by atoms with Crippen LogP contribution in [0.15, 0.2) is 29.2 Å². The summed E-state index contributed by atoms with van der Waals surface area (Å²) in [5.41, 5.74) is 0.790. The first-order valence-corrected chi connectivity index (χ1v) is 9.51. The van der Waals surface area contributed by atoms with Crippen molar-refractivity contribution in [3.63, 3.8) is 0 Å². The van der Waals surface area contributed by atoms with Gasteiger partial charge in [0, 0.05) is 25.1 Å². The molecule has 2 N–H and O–H groups in total. The summed E-state index contributed by atoms with van der Waals surface area (Å²) in [5.74, 6) is -0.732. The average molecular weight is 409 g/mol. The van der Waals surface area contributed by atoms with Crippen molar-refractivity contribution >= 4 is 52.2 Å². The van der Waals surface area contributed by atoms with Crippen LogP contribution in [0.1, 0.15) is 24.8 Å². The van der Waals surface area contributed by atoms with E-state index in [1.54, 1.807) is 13.2 Å². The third kappa shape index (κ3) is 6.07. The van der Waals surface area contributed by atoms with Gasteiger partial charge in [-0.05, 0) is 18.6 Å². The van der Waals surface area contributed by atoms with Crippen LogP contribution < -0.4 is 10.1 Å². The van der Waals surface area contributed by atoms with Crippen molar-refractivity contribution in [3.05, 3.63) is 34.7 Å². The molecule has 144 valence electrons. The van der Waals surface area contributed by atoms with Gasteiger partial charge in [0.25, 0.3) is 5.91 Å². The van der Waals surface area contributed by atoms with Crippen LogP contribution in [0.2, 0.25) is 0 Å². The number of rotatable bonds is 9. The molecular weight excluding hydrogens is 388 g/mol. The molecule has 0 saturated carbocycles. The number of carbonyl (C=O) groups is 3. The van der Waals surface area contributed by atoms with E-state index in [2.05, 4.69) is 5.32 Å². The van der Waals surface area contributed by atoms with E-state index in [4.69, 9.17) is 22.1 Å². The van der Waals surface area contributed by atoms with Crippen LogP contribution in [0.3, 0.4) is 0 Å². The van der Waals surface area contributed by atoms with Gasteiger partial charge in [-0.3, -0.25) is 19.3 Å². The Balaban J connectivity index is 1.89. The number of amides is 2. The lowest BCUT2D eigenvalue weighted by Crippen LogP contribution is -2.31. The molecule has 1 aromatic carbocycles. The predicted molar refractivity (Wildman–Crippen MR) is 107 cm³/mol. The van der Waals surface area contributed by atoms with Gasteiger partial charge in [-0.1, -0.05) is 42.2 Å². The Kier molecular flexibility index (Phi) is 7.81. The molecule has 0 radical (unpaired) electrons. The zero-order valence-corrected chi connectivity index (χ0v) is 16.4. The molecule has 9 heteroatoms. The van der Waals surface area contributed by atoms with Crippen molar-refractivity contribution < 1.29 is 24.2 Å². The molecule has 2 amide bonds. The largest absolute Gasteiger partial charge is 0.496 e. The Bertz CT molecular complexity index is 779. The van der Waals surface area contributed by atoms with Crippen LogP contribution in [0.5, 0.6) is 5.75 Å². The van der Waals surface area contributed by atoms with Crippen LogP contribution in [-0.4, -0.2) is 52.3 Å². The van der Waals surface area contributed by atoms with Crippen molar-refractivity contribution in [3.8, 4) is 5.75 Å². The fraction of sp³-hybridized carbons (Fsp3) is 0.333. The molecule has 27 heavy (non-hydrogen) atoms. The van der Waals surface area contributed by atoms with Gasteiger partial charge in [-0.15, -0.1) is 0 Å². The second-order valence-corrected chi connectivity index (χ2v) is 7.35. The minimum Gasteiger partial charge on any atom is -0.496 e. The predicted octanol–water partition coefficient (Wildman–Crippen LogP) is 2.27. The minimum atomic E-state index is -0.963. The number of methoxy groups -OCH3 is 1. The standard InChI is InChI=1S/C18H20N2O5S2/c1-25-13-6-3-2-5-12(13)11-14-17(24)20(18(26)27-14)10-4-7-15(21)19-9-8-16(22)23/h2-3,5-6,11H,4,7-10H2,1H3,(H,19,21)(H,22,23)/b14-11-. The lowest BCUT2D eigenvalue weighted by Gasteiger charge is -2.14. The van der Waals surface area contributed by atoms with Crippen molar-refractivity contribution in [1.82, 2.24) is 10.2 Å². The molecule has 0 spiro atoms. The van der Waals surface area contributed by atoms with E-state index in [-0.39, 0.29) is 31.2 Å². The van der Waals surface area contributed by atoms with E-state index in [9.17, 15) is 14.4 Å². The number of thiocarbonyl (C=S) groups is 1. The van der Waals surface area contributed by atoms with Crippen LogP contribution in [-0.2, 0) is 14.4 Å². The zero-order valence-electron chi connectivity index (χ0n) is 14.8. The van der Waals surface area contributed by atoms with Crippen LogP contribution in [0.4, 0.5) is 0 Å². The normalized spacial score (nSPS) is 15.3. The maximum atomic E-state index is 12.6. The van der Waals surface area contributed by atoms with Gasteiger partial charge in [0.05, 0.1) is 18.4 Å². The molecule has 0 aromatic heterocycles. The summed E-state index contributed by atoms with van der Waals surface area (Å²) in [7, 11) is 1.57. The van der Waals surface area contributed by atoms with Gasteiger partial charge in [-0.2, -0.15) is 0 Å². The van der Waals surface area contributed by atoms with Gasteiger partial charge >= 0.3 is 5.97 Å². The Hall–Kier alpha value is -2.39. The maximum Gasteiger partial charge on any atom is 0.305 e. The first kappa shape index (κ1) is 20.9. The fourth-order valence-corrected chi connectivity index (χ4v) is 3.71. The number of carbonyl (C=O) groups excluding carboxylic acids is 2. The quantitative estimate of drug-likeness (QED) is 0.478. The summed E-state index contributed by atoms with van der Waals surface area (Å²) in [6.45, 7) is 0.428. The number of thioether (sulfide) groups is 1. The van der Waals surface area contributed by atoms with Crippen molar-refractivity contribution in [1.29, 1.82) is 0 Å². The van der Waals surface area contributed by atoms with Gasteiger partial charge in [0.1, 0.15) is 10.1 Å². The lowest BCUT2D eigenvalue weighted by molar-refractivity contribution is -0.137. The van der Waals surface area contributed by atoms with Crippen molar-refractivity contribution in [2.45, 2.75) is 19.3 Å². The summed E-state index contributed by atoms with van der Waals surface area (Å²) < 4.78 is 5.74. The Labute approximate surface area is 166 Å². The molecule has 1 fully saturated rings. The average Bonchev–Trinajstić information content (AvgIpc) is 2.89. The molecule has 1 aromatic rings. The minimum absolute atomic E-state index is 0.0941. The monoisotopic (exact) mass is 408 g/mol. The number of para-hydroxylation sites is 1. The number of benzene rings is 1. The Morgan fingerprint density at radius 3 is 2.78 bits per heavy atom. The third-order valence-electron chi connectivity index (χ3n) is 3.75. The highest BCUT2D eigenvalue weighted by atomic mass is 32.2. The van der Waals surface area contributed by atoms with Crippen LogP contribution >= 0.6 is 24.0 Å². The van der Waals surface area contributed by atoms with E-state index in [0.29, 0.717) is 27.9 Å². The second kappa shape index (κ2) is 10.1. The van der Waals surface area contributed by atoms with Crippen molar-refractivity contribution in [2.24, 2.45) is 0 Å². The van der Waals surface area contributed by atoms with E-state index < -0.39 is 5.97 Å². The topological polar surface area (TPSA) is 95.9 Å². The zero-order chi connectivity index (χ0) is 19.8. The number of hydrogen-bond acceptors (Lipinski definition) is 6. The van der Waals surface area contributed by atoms with Gasteiger partial charge < -0.3 is 15.2 Å². The lowest BCUT2D eigenvalue weighted by atomic mass is 10.2. The smallest absolute Gasteiger partial charge is 0.305 e. The Morgan fingerprint density at radius 2 is 2.07 bits per heavy atom. The molecule has 0 aliphatic carbocycles. The molecule has 0 unspecified atom stereocenters. The van der Waals surface area contributed by atoms with Gasteiger partial charge in [0.15, 0.2) is 0 Å². The molecule has 7 nitrogen and oxygen atoms in total. The second-order valence-electron chi connectivity index (χ2n) is 5.67. The first-order chi connectivity index (χ1) is 12.9. The first-order valence-electron chi connectivity index (χ1n) is 8.29. The number of aliphatic carboxylic acids is 1. The number of carboxylic acids is 1. The molecule has 1 saturated heterocycles. The number of ether oxygens (including phenoxy) is 1. The molecule has 0 atom stereocenters. The van der Waals surface area contributed by atoms with Gasteiger partial charge in [0.2, 0.25) is 5.91 Å². The highest BCUT2D eigenvalue weighted by Gasteiger charge is 2.31. The summed E-state index contributed by atoms with van der Waals surface area (Å²) in [6, 6.07) is 7.38. The SMILES string of the molecule is COc1ccccc1/C=C1\SC(=S)N(CCCC(=O)NCCC(=O)O)C1=O. The summed E-state index contributed by atoms with van der Waals surface area (Å²) >= 11 is 6.50. The molecule has 2 rings (SSSR count). The highest BCUT2D eigenvalue weighted by molar-refractivity contribution is 8.26. The Morgan fingerprint density at radius 1 is 1.33 bits per heavy atom. The third-order valence-corrected chi connectivity index (χ3v) is 5.12. The molecule has 1 aliphatic rings. The van der Waals surface area contributed by atoms with Crippen molar-refractivity contribution in [2.75, 3.05) is 20.2 Å². The fourth-order valence-electron chi connectivity index (χ4n) is 2.41. The van der Waals surface area contributed by atoms with E-state index >= 15 is 0 Å². The summed E-state index contributed by atoms with van der Waals surface area (Å²) in [6.07, 6.45) is 2.26. The highest BCUT2D eigenvalue weighted by Crippen LogP contribution is 2.34. The summed E-state index contributed by atoms with van der Waals surface area (Å²) in [4.78, 5) is 36.7. The molecule has 1 heterocycles. The maximum absolute atomic E-state index is 12.6. The van der Waals surface area contributed by atoms with E-state index in [1.165, 1.54) is 16.7 Å². The number of carboxylic acid groups (broad SMARTS) is 1. The number of nitrogens with zero attached hydrogens (tertiary/aromatic N) is 1. The van der Waals surface area contributed by atoms with Gasteiger partial charge in [-0.25, -0.2) is 0 Å². The van der Waals surface area contributed by atoms with E-state index in [0.717, 1.165) is 5.56 Å². The van der Waals surface area contributed by atoms with E-state index in [1.807, 2.05) is 24.3 Å². The molecule has 1 aliphatic heterocycles. The molecule has 0 bridgehead atoms. The van der Waals surface area contributed by atoms with Crippen LogP contribution in [0.25, 0.3) is 6.08 Å². The summed E-state index contributed by atoms with van der Waals surface area (Å²) in [5, 5.41) is 11.1. The number of hydrogen-bond donors (Lipinski definition) is 2. The van der Waals surface area contributed by atoms with Crippen LogP contribution in [0, 0.1) is 0 Å². The number of nitrogens with one attached hydrogen (secondary N) is 1. The molecular formula is C18H20N2O5S2.